The number of rotatable bonds is 10. The van der Waals surface area contributed by atoms with E-state index in [9.17, 15) is 14.7 Å². The number of aryl methyl sites for hydroxylation is 2. The van der Waals surface area contributed by atoms with E-state index in [2.05, 4.69) is 10.6 Å². The van der Waals surface area contributed by atoms with Gasteiger partial charge in [0.25, 0.3) is 0 Å². The highest BCUT2D eigenvalue weighted by atomic mass is 16.6. The molecule has 162 valence electrons. The molecule has 0 fully saturated rings. The fourth-order valence-electron chi connectivity index (χ4n) is 3.18. The molecule has 0 aromatic heterocycles. The number of hydrogen-bond acceptors (Lipinski definition) is 5. The van der Waals surface area contributed by atoms with Gasteiger partial charge in [0.1, 0.15) is 5.75 Å². The predicted molar refractivity (Wildman–Crippen MR) is 114 cm³/mol. The van der Waals surface area contributed by atoms with Crippen molar-refractivity contribution in [2.45, 2.75) is 60.8 Å². The highest BCUT2D eigenvalue weighted by Gasteiger charge is 2.28. The zero-order valence-electron chi connectivity index (χ0n) is 18.4. The number of nitrogens with one attached hydrogen (secondary N) is 2. The van der Waals surface area contributed by atoms with Crippen LogP contribution in [0.4, 0.5) is 0 Å². The van der Waals surface area contributed by atoms with E-state index < -0.39 is 5.92 Å². The lowest BCUT2D eigenvalue weighted by atomic mass is 9.96. The number of amides is 2. The zero-order valence-corrected chi connectivity index (χ0v) is 18.4. The maximum absolute atomic E-state index is 12.9. The Kier molecular flexibility index (Phi) is 9.68. The first-order chi connectivity index (χ1) is 13.7. The lowest BCUT2D eigenvalue weighted by molar-refractivity contribution is -0.125. The number of nitrogens with two attached hydrogens (primary N) is 1. The summed E-state index contributed by atoms with van der Waals surface area (Å²) >= 11 is 0. The summed E-state index contributed by atoms with van der Waals surface area (Å²) < 4.78 is 0. The molecule has 1 aromatic rings. The van der Waals surface area contributed by atoms with E-state index in [4.69, 9.17) is 10.7 Å². The molecule has 7 nitrogen and oxygen atoms in total. The maximum atomic E-state index is 12.9. The van der Waals surface area contributed by atoms with Crippen LogP contribution >= 0.6 is 0 Å². The minimum Gasteiger partial charge on any atom is -0.507 e. The smallest absolute Gasteiger partial charge is 0.228 e. The minimum absolute atomic E-state index is 0.0380. The monoisotopic (exact) mass is 405 g/mol. The van der Waals surface area contributed by atoms with E-state index in [0.29, 0.717) is 18.5 Å². The second-order valence-corrected chi connectivity index (χ2v) is 7.31. The molecule has 1 aromatic carbocycles. The Hall–Kier alpha value is -2.54. The Morgan fingerprint density at radius 3 is 2.28 bits per heavy atom. The topological polar surface area (TPSA) is 114 Å². The van der Waals surface area contributed by atoms with Crippen molar-refractivity contribution in [2.24, 2.45) is 17.7 Å². The normalized spacial score (nSPS) is 13.9. The highest BCUT2D eigenvalue weighted by molar-refractivity contribution is 5.88. The van der Waals surface area contributed by atoms with Gasteiger partial charge in [-0.3, -0.25) is 9.59 Å². The third kappa shape index (κ3) is 6.22. The number of carbonyl (C=O) groups excluding carboxylic acids is 2. The molecule has 0 bridgehead atoms. The molecule has 0 saturated carbocycles. The van der Waals surface area contributed by atoms with Crippen LogP contribution in [-0.2, 0) is 14.4 Å². The molecule has 2 unspecified atom stereocenters. The molecule has 0 spiro atoms. The Labute approximate surface area is 173 Å². The number of carbonyl (C=O) groups is 2. The molecule has 1 rings (SSSR count). The van der Waals surface area contributed by atoms with Gasteiger partial charge in [-0.05, 0) is 63.8 Å². The third-order valence-electron chi connectivity index (χ3n) is 5.16. The van der Waals surface area contributed by atoms with E-state index in [1.807, 2.05) is 34.6 Å². The average molecular weight is 406 g/mol. The van der Waals surface area contributed by atoms with Crippen LogP contribution in [0.15, 0.2) is 17.8 Å². The van der Waals surface area contributed by atoms with Gasteiger partial charge in [0.15, 0.2) is 5.76 Å². The molecule has 2 atom stereocenters. The lowest BCUT2D eigenvalue weighted by Gasteiger charge is -2.23. The number of phenols is 1. The van der Waals surface area contributed by atoms with Crippen LogP contribution in [0.3, 0.4) is 0 Å². The third-order valence-corrected chi connectivity index (χ3v) is 5.16. The van der Waals surface area contributed by atoms with Gasteiger partial charge in [-0.25, -0.2) is 0 Å². The van der Waals surface area contributed by atoms with Crippen molar-refractivity contribution in [1.29, 1.82) is 0 Å². The molecule has 7 heteroatoms. The SMILES string of the molecule is CCCC(CC)C(=O)NC(=C(ON)c1cc(C)c(C)cc1O)C(C)C(=O)NCC. The van der Waals surface area contributed by atoms with Gasteiger partial charge in [0.05, 0.1) is 17.2 Å². The van der Waals surface area contributed by atoms with Crippen LogP contribution in [0.1, 0.15) is 63.6 Å². The second kappa shape index (κ2) is 11.5. The van der Waals surface area contributed by atoms with Crippen molar-refractivity contribution in [3.05, 3.63) is 34.5 Å². The van der Waals surface area contributed by atoms with Crippen LogP contribution in [-0.4, -0.2) is 23.5 Å². The summed E-state index contributed by atoms with van der Waals surface area (Å²) in [7, 11) is 0. The summed E-state index contributed by atoms with van der Waals surface area (Å²) in [5, 5.41) is 16.1. The highest BCUT2D eigenvalue weighted by Crippen LogP contribution is 2.32. The molecule has 5 N–H and O–H groups in total. The summed E-state index contributed by atoms with van der Waals surface area (Å²) in [4.78, 5) is 30.5. The summed E-state index contributed by atoms with van der Waals surface area (Å²) in [6, 6.07) is 3.33. The van der Waals surface area contributed by atoms with Crippen molar-refractivity contribution >= 4 is 17.6 Å². The summed E-state index contributed by atoms with van der Waals surface area (Å²) in [5.74, 6) is 4.20. The number of benzene rings is 1. The van der Waals surface area contributed by atoms with Gasteiger partial charge in [-0.2, -0.15) is 5.90 Å². The molecule has 0 aliphatic rings. The number of phenolic OH excluding ortho intramolecular Hbond substituents is 1. The summed E-state index contributed by atoms with van der Waals surface area (Å²) in [6.07, 6.45) is 2.28. The standard InChI is InChI=1S/C22H35N3O4/c1-7-10-16(8-2)22(28)25-19(15(6)21(27)24-9-3)20(29-23)17-11-13(4)14(5)12-18(17)26/h11-12,15-16,26H,7-10,23H2,1-6H3,(H,24,27)(H,25,28). The van der Waals surface area contributed by atoms with Crippen molar-refractivity contribution in [3.63, 3.8) is 0 Å². The summed E-state index contributed by atoms with van der Waals surface area (Å²) in [5.41, 5.74) is 2.38. The minimum atomic E-state index is -0.738. The van der Waals surface area contributed by atoms with Crippen molar-refractivity contribution in [3.8, 4) is 5.75 Å². The number of aromatic hydroxyl groups is 1. The van der Waals surface area contributed by atoms with Gasteiger partial charge in [-0.1, -0.05) is 20.3 Å². The van der Waals surface area contributed by atoms with Gasteiger partial charge in [0.2, 0.25) is 11.8 Å². The summed E-state index contributed by atoms with van der Waals surface area (Å²) in [6.45, 7) is 11.7. The second-order valence-electron chi connectivity index (χ2n) is 7.31. The fourth-order valence-corrected chi connectivity index (χ4v) is 3.18. The molecule has 0 radical (unpaired) electrons. The Bertz CT molecular complexity index is 759. The van der Waals surface area contributed by atoms with Crippen LogP contribution in [0.25, 0.3) is 5.76 Å². The van der Waals surface area contributed by atoms with Crippen molar-refractivity contribution < 1.29 is 19.5 Å². The first kappa shape index (κ1) is 24.5. The molecule has 0 aliphatic heterocycles. The van der Waals surface area contributed by atoms with Gasteiger partial charge >= 0.3 is 0 Å². The quantitative estimate of drug-likeness (QED) is 0.352. The van der Waals surface area contributed by atoms with Gasteiger partial charge in [0, 0.05) is 12.5 Å². The molecule has 29 heavy (non-hydrogen) atoms. The molecule has 0 saturated heterocycles. The first-order valence-corrected chi connectivity index (χ1v) is 10.2. The maximum Gasteiger partial charge on any atom is 0.228 e. The Morgan fingerprint density at radius 1 is 1.14 bits per heavy atom. The molecule has 0 aliphatic carbocycles. The van der Waals surface area contributed by atoms with Crippen LogP contribution in [0, 0.1) is 25.7 Å². The van der Waals surface area contributed by atoms with Gasteiger partial charge < -0.3 is 20.6 Å². The van der Waals surface area contributed by atoms with E-state index in [0.717, 1.165) is 24.0 Å². The van der Waals surface area contributed by atoms with Crippen molar-refractivity contribution in [1.82, 2.24) is 10.6 Å². The molecular weight excluding hydrogens is 370 g/mol. The van der Waals surface area contributed by atoms with Crippen LogP contribution in [0.2, 0.25) is 0 Å². The van der Waals surface area contributed by atoms with E-state index in [1.165, 1.54) is 0 Å². The first-order valence-electron chi connectivity index (χ1n) is 10.2. The van der Waals surface area contributed by atoms with Crippen LogP contribution in [0.5, 0.6) is 5.75 Å². The van der Waals surface area contributed by atoms with Crippen molar-refractivity contribution in [2.75, 3.05) is 6.54 Å². The predicted octanol–water partition coefficient (Wildman–Crippen LogP) is 3.28. The van der Waals surface area contributed by atoms with E-state index in [1.54, 1.807) is 19.1 Å². The molecule has 0 heterocycles. The van der Waals surface area contributed by atoms with E-state index in [-0.39, 0.29) is 34.9 Å². The number of hydrogen-bond donors (Lipinski definition) is 4. The Morgan fingerprint density at radius 2 is 1.76 bits per heavy atom. The van der Waals surface area contributed by atoms with E-state index >= 15 is 0 Å². The molecular formula is C22H35N3O4. The van der Waals surface area contributed by atoms with Crippen LogP contribution < -0.4 is 16.5 Å². The zero-order chi connectivity index (χ0) is 22.1. The largest absolute Gasteiger partial charge is 0.507 e. The lowest BCUT2D eigenvalue weighted by Crippen LogP contribution is -2.39. The fraction of sp³-hybridized carbons (Fsp3) is 0.545. The average Bonchev–Trinajstić information content (AvgIpc) is 2.68. The van der Waals surface area contributed by atoms with Gasteiger partial charge in [-0.15, -0.1) is 0 Å². The Balaban J connectivity index is 3.55. The molecule has 2 amide bonds.